The van der Waals surface area contributed by atoms with Crippen LogP contribution in [0.2, 0.25) is 0 Å². The number of sulfonamides is 1. The fraction of sp³-hybridized carbons (Fsp3) is 0.611. The van der Waals surface area contributed by atoms with Gasteiger partial charge in [0.25, 0.3) is 0 Å². The quantitative estimate of drug-likeness (QED) is 0.720. The van der Waals surface area contributed by atoms with Crippen LogP contribution in [0.5, 0.6) is 11.5 Å². The van der Waals surface area contributed by atoms with E-state index in [0.29, 0.717) is 23.1 Å². The standard InChI is InChI=1S/C18H28N2O5S/c1-14-7-10-19(11-8-14)18(21)9-12-20(26(4,22)23)15-5-6-16(24-2)17(13-15)25-3/h5-6,13-14H,7-12H2,1-4H3. The van der Waals surface area contributed by atoms with Crippen molar-refractivity contribution in [1.29, 1.82) is 0 Å². The first-order valence-corrected chi connectivity index (χ1v) is 10.6. The summed E-state index contributed by atoms with van der Waals surface area (Å²) >= 11 is 0. The Morgan fingerprint density at radius 3 is 2.35 bits per heavy atom. The van der Waals surface area contributed by atoms with Crippen molar-refractivity contribution in [1.82, 2.24) is 4.90 Å². The van der Waals surface area contributed by atoms with E-state index in [4.69, 9.17) is 9.47 Å². The number of anilines is 1. The van der Waals surface area contributed by atoms with Crippen LogP contribution in [0.15, 0.2) is 18.2 Å². The molecule has 0 unspecified atom stereocenters. The molecule has 1 saturated heterocycles. The summed E-state index contributed by atoms with van der Waals surface area (Å²) < 4.78 is 36.2. The van der Waals surface area contributed by atoms with Gasteiger partial charge in [0.05, 0.1) is 26.2 Å². The highest BCUT2D eigenvalue weighted by molar-refractivity contribution is 7.92. The third-order valence-electron chi connectivity index (χ3n) is 4.72. The summed E-state index contributed by atoms with van der Waals surface area (Å²) in [6.07, 6.45) is 3.28. The minimum Gasteiger partial charge on any atom is -0.493 e. The molecule has 1 fully saturated rings. The number of amides is 1. The Balaban J connectivity index is 2.12. The second kappa shape index (κ2) is 8.62. The summed E-state index contributed by atoms with van der Waals surface area (Å²) in [4.78, 5) is 14.3. The molecule has 0 aromatic heterocycles. The van der Waals surface area contributed by atoms with E-state index in [1.165, 1.54) is 18.5 Å². The second-order valence-electron chi connectivity index (χ2n) is 6.69. The molecule has 1 heterocycles. The lowest BCUT2D eigenvalue weighted by Crippen LogP contribution is -2.40. The Bertz CT molecular complexity index is 727. The lowest BCUT2D eigenvalue weighted by atomic mass is 9.99. The third-order valence-corrected chi connectivity index (χ3v) is 5.91. The predicted molar refractivity (Wildman–Crippen MR) is 101 cm³/mol. The fourth-order valence-electron chi connectivity index (χ4n) is 3.08. The van der Waals surface area contributed by atoms with Crippen LogP contribution >= 0.6 is 0 Å². The minimum absolute atomic E-state index is 0.00831. The van der Waals surface area contributed by atoms with Crippen LogP contribution in [0.3, 0.4) is 0 Å². The molecule has 1 amide bonds. The molecule has 146 valence electrons. The van der Waals surface area contributed by atoms with Crippen molar-refractivity contribution in [3.63, 3.8) is 0 Å². The Morgan fingerprint density at radius 1 is 1.19 bits per heavy atom. The van der Waals surface area contributed by atoms with Gasteiger partial charge in [0.1, 0.15) is 0 Å². The zero-order chi connectivity index (χ0) is 19.3. The second-order valence-corrected chi connectivity index (χ2v) is 8.59. The molecule has 8 heteroatoms. The smallest absolute Gasteiger partial charge is 0.232 e. The van der Waals surface area contributed by atoms with Crippen molar-refractivity contribution in [3.8, 4) is 11.5 Å². The topological polar surface area (TPSA) is 76.2 Å². The van der Waals surface area contributed by atoms with Crippen LogP contribution in [0.1, 0.15) is 26.2 Å². The highest BCUT2D eigenvalue weighted by atomic mass is 32.2. The number of likely N-dealkylation sites (tertiary alicyclic amines) is 1. The molecule has 0 aliphatic carbocycles. The average Bonchev–Trinajstić information content (AvgIpc) is 2.61. The number of carbonyl (C=O) groups excluding carboxylic acids is 1. The van der Waals surface area contributed by atoms with Crippen LogP contribution in [0.25, 0.3) is 0 Å². The number of ether oxygens (including phenoxy) is 2. The van der Waals surface area contributed by atoms with Gasteiger partial charge in [-0.3, -0.25) is 9.10 Å². The summed E-state index contributed by atoms with van der Waals surface area (Å²) in [5, 5.41) is 0. The van der Waals surface area contributed by atoms with Crippen LogP contribution in [-0.4, -0.2) is 59.3 Å². The van der Waals surface area contributed by atoms with Crippen molar-refractivity contribution in [2.75, 3.05) is 44.4 Å². The van der Waals surface area contributed by atoms with Gasteiger partial charge in [0.15, 0.2) is 11.5 Å². The first kappa shape index (κ1) is 20.4. The number of benzene rings is 1. The molecule has 0 saturated carbocycles. The van der Waals surface area contributed by atoms with Crippen molar-refractivity contribution in [2.24, 2.45) is 5.92 Å². The number of hydrogen-bond acceptors (Lipinski definition) is 5. The lowest BCUT2D eigenvalue weighted by molar-refractivity contribution is -0.132. The molecule has 0 atom stereocenters. The zero-order valence-electron chi connectivity index (χ0n) is 15.9. The molecule has 1 aliphatic rings. The summed E-state index contributed by atoms with van der Waals surface area (Å²) in [5.41, 5.74) is 0.449. The van der Waals surface area contributed by atoms with E-state index in [9.17, 15) is 13.2 Å². The van der Waals surface area contributed by atoms with Crippen molar-refractivity contribution >= 4 is 21.6 Å². The van der Waals surface area contributed by atoms with Gasteiger partial charge in [-0.1, -0.05) is 6.92 Å². The minimum atomic E-state index is -3.53. The number of piperidine rings is 1. The SMILES string of the molecule is COc1ccc(N(CCC(=O)N2CCC(C)CC2)S(C)(=O)=O)cc1OC. The fourth-order valence-corrected chi connectivity index (χ4v) is 4.00. The average molecular weight is 384 g/mol. The maximum atomic E-state index is 12.5. The summed E-state index contributed by atoms with van der Waals surface area (Å²) in [6, 6.07) is 4.91. The Morgan fingerprint density at radius 2 is 1.81 bits per heavy atom. The Kier molecular flexibility index (Phi) is 6.75. The molecule has 1 aromatic carbocycles. The van der Waals surface area contributed by atoms with E-state index in [2.05, 4.69) is 6.92 Å². The number of hydrogen-bond donors (Lipinski definition) is 0. The number of carbonyl (C=O) groups is 1. The van der Waals surface area contributed by atoms with E-state index in [1.54, 1.807) is 18.2 Å². The number of rotatable bonds is 7. The number of methoxy groups -OCH3 is 2. The van der Waals surface area contributed by atoms with E-state index in [1.807, 2.05) is 4.90 Å². The van der Waals surface area contributed by atoms with Gasteiger partial charge >= 0.3 is 0 Å². The maximum absolute atomic E-state index is 12.5. The largest absolute Gasteiger partial charge is 0.493 e. The molecule has 1 aliphatic heterocycles. The van der Waals surface area contributed by atoms with Crippen molar-refractivity contribution < 1.29 is 22.7 Å². The molecular formula is C18H28N2O5S. The molecule has 7 nitrogen and oxygen atoms in total. The van der Waals surface area contributed by atoms with Crippen LogP contribution in [0.4, 0.5) is 5.69 Å². The van der Waals surface area contributed by atoms with Crippen molar-refractivity contribution in [3.05, 3.63) is 18.2 Å². The summed E-state index contributed by atoms with van der Waals surface area (Å²) in [7, 11) is -0.520. The molecular weight excluding hydrogens is 356 g/mol. The van der Waals surface area contributed by atoms with Crippen molar-refractivity contribution in [2.45, 2.75) is 26.2 Å². The Hall–Kier alpha value is -1.96. The summed E-state index contributed by atoms with van der Waals surface area (Å²) in [6.45, 7) is 3.77. The normalized spacial score (nSPS) is 15.6. The lowest BCUT2D eigenvalue weighted by Gasteiger charge is -2.31. The zero-order valence-corrected chi connectivity index (χ0v) is 16.7. The summed E-state index contributed by atoms with van der Waals surface area (Å²) in [5.74, 6) is 1.59. The highest BCUT2D eigenvalue weighted by Crippen LogP contribution is 2.32. The maximum Gasteiger partial charge on any atom is 0.232 e. The van der Waals surface area contributed by atoms with Gasteiger partial charge in [-0.15, -0.1) is 0 Å². The highest BCUT2D eigenvalue weighted by Gasteiger charge is 2.24. The van der Waals surface area contributed by atoms with E-state index in [-0.39, 0.29) is 18.9 Å². The van der Waals surface area contributed by atoms with Gasteiger partial charge in [-0.25, -0.2) is 8.42 Å². The van der Waals surface area contributed by atoms with E-state index in [0.717, 1.165) is 32.2 Å². The van der Waals surface area contributed by atoms with E-state index < -0.39 is 10.0 Å². The molecule has 0 radical (unpaired) electrons. The van der Waals surface area contributed by atoms with Gasteiger partial charge in [-0.2, -0.15) is 0 Å². The predicted octanol–water partition coefficient (Wildman–Crippen LogP) is 2.12. The van der Waals surface area contributed by atoms with Crippen LogP contribution in [0, 0.1) is 5.92 Å². The van der Waals surface area contributed by atoms with Crippen LogP contribution in [-0.2, 0) is 14.8 Å². The van der Waals surface area contributed by atoms with Gasteiger partial charge in [0, 0.05) is 32.1 Å². The number of nitrogens with zero attached hydrogens (tertiary/aromatic N) is 2. The third kappa shape index (κ3) is 5.03. The monoisotopic (exact) mass is 384 g/mol. The first-order chi connectivity index (χ1) is 12.3. The molecule has 0 N–H and O–H groups in total. The van der Waals surface area contributed by atoms with Gasteiger partial charge < -0.3 is 14.4 Å². The molecule has 2 rings (SSSR count). The first-order valence-electron chi connectivity index (χ1n) is 8.73. The molecule has 0 spiro atoms. The van der Waals surface area contributed by atoms with E-state index >= 15 is 0 Å². The van der Waals surface area contributed by atoms with Gasteiger partial charge in [0.2, 0.25) is 15.9 Å². The molecule has 0 bridgehead atoms. The van der Waals surface area contributed by atoms with Crippen LogP contribution < -0.4 is 13.8 Å². The molecule has 26 heavy (non-hydrogen) atoms. The Labute approximate surface area is 155 Å². The van der Waals surface area contributed by atoms with Gasteiger partial charge in [-0.05, 0) is 30.9 Å². The molecule has 1 aromatic rings.